The minimum atomic E-state index is -1.26. The zero-order chi connectivity index (χ0) is 37.8. The number of carboxylic acids is 1. The summed E-state index contributed by atoms with van der Waals surface area (Å²) >= 11 is 0. The van der Waals surface area contributed by atoms with E-state index < -0.39 is 59.0 Å². The quantitative estimate of drug-likeness (QED) is 0.204. The third-order valence-electron chi connectivity index (χ3n) is 8.32. The number of hydrogen-bond donors (Lipinski definition) is 3. The molecule has 0 unspecified atom stereocenters. The second-order valence-corrected chi connectivity index (χ2v) is 15.1. The monoisotopic (exact) mass is 708 g/mol. The SMILES string of the molecule is CCCCN(C[C@H](CN(C(=O)OC(C)(C)C)C(=O)C1CCNCC1)C(=O)OC(C)(C)C)C(=O)N[C@@H](Cc1ccc(-c2ccccc2)cc1)C(=O)O. The fraction of sp³-hybridized carbons (Fsp3) is 0.564. The van der Waals surface area contributed by atoms with Crippen molar-refractivity contribution in [1.82, 2.24) is 20.4 Å². The molecule has 0 aromatic heterocycles. The molecule has 51 heavy (non-hydrogen) atoms. The number of amides is 4. The molecule has 0 radical (unpaired) electrons. The molecule has 3 rings (SSSR count). The molecule has 2 aromatic carbocycles. The molecule has 1 aliphatic heterocycles. The highest BCUT2D eigenvalue weighted by Crippen LogP contribution is 2.23. The minimum absolute atomic E-state index is 0.0322. The standard InChI is InChI=1S/C39H56N4O8/c1-8-9-23-42(36(48)41-32(34(45)46)24-27-15-17-29(18-16-27)28-13-11-10-12-14-28)25-31(35(47)50-38(2,3)4)26-43(37(49)51-39(5,6)7)33(44)30-19-21-40-22-20-30/h10-18,30-32,40H,8-9,19-26H2,1-7H3,(H,41,48)(H,45,46)/t31-,32+/m1/s1. The van der Waals surface area contributed by atoms with Crippen molar-refractivity contribution in [2.75, 3.05) is 32.7 Å². The average Bonchev–Trinajstić information content (AvgIpc) is 3.06. The number of urea groups is 1. The van der Waals surface area contributed by atoms with Crippen molar-refractivity contribution in [2.45, 2.75) is 97.8 Å². The Bertz CT molecular complexity index is 1460. The van der Waals surface area contributed by atoms with Crippen LogP contribution in [0.3, 0.4) is 0 Å². The Kier molecular flexibility index (Phi) is 15.0. The van der Waals surface area contributed by atoms with Crippen molar-refractivity contribution in [1.29, 1.82) is 0 Å². The zero-order valence-corrected chi connectivity index (χ0v) is 31.2. The van der Waals surface area contributed by atoms with Gasteiger partial charge in [-0.15, -0.1) is 0 Å². The number of nitrogens with one attached hydrogen (secondary N) is 2. The normalized spacial score (nSPS) is 14.9. The molecule has 4 amide bonds. The number of carbonyl (C=O) groups is 5. The first kappa shape index (κ1) is 41.0. The first-order chi connectivity index (χ1) is 24.0. The fourth-order valence-electron chi connectivity index (χ4n) is 5.70. The summed E-state index contributed by atoms with van der Waals surface area (Å²) in [4.78, 5) is 69.7. The van der Waals surface area contributed by atoms with Gasteiger partial charge in [0.15, 0.2) is 0 Å². The van der Waals surface area contributed by atoms with E-state index in [-0.39, 0.29) is 26.1 Å². The summed E-state index contributed by atoms with van der Waals surface area (Å²) in [5.41, 5.74) is 0.922. The van der Waals surface area contributed by atoms with Crippen LogP contribution in [0.15, 0.2) is 54.6 Å². The summed E-state index contributed by atoms with van der Waals surface area (Å²) in [7, 11) is 0. The molecule has 1 aliphatic rings. The summed E-state index contributed by atoms with van der Waals surface area (Å²) in [5, 5.41) is 16.0. The highest BCUT2D eigenvalue weighted by atomic mass is 16.6. The van der Waals surface area contributed by atoms with E-state index in [1.54, 1.807) is 41.5 Å². The van der Waals surface area contributed by atoms with Gasteiger partial charge in [-0.05, 0) is 90.6 Å². The molecule has 1 saturated heterocycles. The molecule has 0 bridgehead atoms. The Morgan fingerprint density at radius 3 is 2.00 bits per heavy atom. The molecule has 0 spiro atoms. The van der Waals surface area contributed by atoms with Gasteiger partial charge < -0.3 is 30.1 Å². The highest BCUT2D eigenvalue weighted by molar-refractivity contribution is 5.94. The minimum Gasteiger partial charge on any atom is -0.480 e. The predicted molar refractivity (Wildman–Crippen MR) is 195 cm³/mol. The van der Waals surface area contributed by atoms with E-state index in [2.05, 4.69) is 10.6 Å². The maximum absolute atomic E-state index is 13.8. The third kappa shape index (κ3) is 13.7. The molecular weight excluding hydrogens is 652 g/mol. The number of esters is 1. The van der Waals surface area contributed by atoms with Gasteiger partial charge in [-0.25, -0.2) is 19.3 Å². The number of imide groups is 1. The van der Waals surface area contributed by atoms with Crippen LogP contribution in [0, 0.1) is 11.8 Å². The summed E-state index contributed by atoms with van der Waals surface area (Å²) in [6.07, 6.45) is 1.47. The van der Waals surface area contributed by atoms with Crippen LogP contribution in [-0.2, 0) is 30.3 Å². The summed E-state index contributed by atoms with van der Waals surface area (Å²) in [5.74, 6) is -3.95. The van der Waals surface area contributed by atoms with Crippen molar-refractivity contribution in [3.8, 4) is 11.1 Å². The van der Waals surface area contributed by atoms with Crippen LogP contribution in [0.1, 0.15) is 79.7 Å². The largest absolute Gasteiger partial charge is 0.480 e. The molecule has 3 N–H and O–H groups in total. The smallest absolute Gasteiger partial charge is 0.417 e. The summed E-state index contributed by atoms with van der Waals surface area (Å²) in [6, 6.07) is 15.3. The van der Waals surface area contributed by atoms with Crippen molar-refractivity contribution in [3.63, 3.8) is 0 Å². The van der Waals surface area contributed by atoms with Gasteiger partial charge in [0.1, 0.15) is 17.2 Å². The van der Waals surface area contributed by atoms with Crippen LogP contribution in [-0.4, -0.2) is 94.8 Å². The van der Waals surface area contributed by atoms with Crippen LogP contribution in [0.4, 0.5) is 9.59 Å². The van der Waals surface area contributed by atoms with Crippen LogP contribution >= 0.6 is 0 Å². The second-order valence-electron chi connectivity index (χ2n) is 15.1. The average molecular weight is 709 g/mol. The predicted octanol–water partition coefficient (Wildman–Crippen LogP) is 5.88. The molecule has 280 valence electrons. The van der Waals surface area contributed by atoms with Crippen molar-refractivity contribution in [2.24, 2.45) is 11.8 Å². The number of aliphatic carboxylic acids is 1. The van der Waals surface area contributed by atoms with Crippen LogP contribution in [0.2, 0.25) is 0 Å². The van der Waals surface area contributed by atoms with E-state index in [0.29, 0.717) is 32.4 Å². The number of benzene rings is 2. The van der Waals surface area contributed by atoms with Gasteiger partial charge in [-0.1, -0.05) is 67.9 Å². The van der Waals surface area contributed by atoms with E-state index in [4.69, 9.17) is 9.47 Å². The topological polar surface area (TPSA) is 155 Å². The molecule has 1 fully saturated rings. The number of carboxylic acid groups (broad SMARTS) is 1. The number of piperidine rings is 1. The lowest BCUT2D eigenvalue weighted by Crippen LogP contribution is -2.54. The number of hydrogen-bond acceptors (Lipinski definition) is 8. The van der Waals surface area contributed by atoms with E-state index in [1.165, 1.54) is 4.90 Å². The maximum Gasteiger partial charge on any atom is 0.417 e. The Balaban J connectivity index is 1.88. The molecule has 2 aromatic rings. The Morgan fingerprint density at radius 2 is 1.45 bits per heavy atom. The van der Waals surface area contributed by atoms with E-state index in [0.717, 1.165) is 28.0 Å². The molecule has 2 atom stereocenters. The summed E-state index contributed by atoms with van der Waals surface area (Å²) < 4.78 is 11.4. The Morgan fingerprint density at radius 1 is 0.863 bits per heavy atom. The number of ether oxygens (including phenoxy) is 2. The van der Waals surface area contributed by atoms with E-state index in [1.807, 2.05) is 61.5 Å². The molecule has 0 saturated carbocycles. The Hall–Kier alpha value is -4.45. The zero-order valence-electron chi connectivity index (χ0n) is 31.2. The molecule has 1 heterocycles. The van der Waals surface area contributed by atoms with Gasteiger partial charge in [0, 0.05) is 32.0 Å². The lowest BCUT2D eigenvalue weighted by atomic mass is 9.96. The van der Waals surface area contributed by atoms with Crippen molar-refractivity contribution >= 4 is 30.0 Å². The number of nitrogens with zero attached hydrogens (tertiary/aromatic N) is 2. The van der Waals surface area contributed by atoms with E-state index in [9.17, 15) is 29.1 Å². The molecule has 12 nitrogen and oxygen atoms in total. The van der Waals surface area contributed by atoms with Gasteiger partial charge in [-0.3, -0.25) is 9.59 Å². The van der Waals surface area contributed by atoms with Crippen LogP contribution < -0.4 is 10.6 Å². The van der Waals surface area contributed by atoms with Crippen molar-refractivity contribution < 1.29 is 38.6 Å². The van der Waals surface area contributed by atoms with Crippen LogP contribution in [0.25, 0.3) is 11.1 Å². The molecule has 12 heteroatoms. The first-order valence-electron chi connectivity index (χ1n) is 17.9. The van der Waals surface area contributed by atoms with Crippen LogP contribution in [0.5, 0.6) is 0 Å². The summed E-state index contributed by atoms with van der Waals surface area (Å²) in [6.45, 7) is 13.0. The molecule has 0 aliphatic carbocycles. The van der Waals surface area contributed by atoms with E-state index >= 15 is 0 Å². The van der Waals surface area contributed by atoms with Gasteiger partial charge in [0.05, 0.1) is 5.92 Å². The van der Waals surface area contributed by atoms with Gasteiger partial charge in [0.2, 0.25) is 5.91 Å². The Labute approximate surface area is 302 Å². The van der Waals surface area contributed by atoms with Gasteiger partial charge in [0.25, 0.3) is 0 Å². The number of unbranched alkanes of at least 4 members (excludes halogenated alkanes) is 1. The molecular formula is C39H56N4O8. The van der Waals surface area contributed by atoms with Gasteiger partial charge in [-0.2, -0.15) is 0 Å². The van der Waals surface area contributed by atoms with Crippen molar-refractivity contribution in [3.05, 3.63) is 60.2 Å². The number of carbonyl (C=O) groups excluding carboxylic acids is 4. The maximum atomic E-state index is 13.8. The number of rotatable bonds is 14. The fourth-order valence-corrected chi connectivity index (χ4v) is 5.70. The first-order valence-corrected chi connectivity index (χ1v) is 17.9. The lowest BCUT2D eigenvalue weighted by Gasteiger charge is -2.34. The second kappa shape index (κ2) is 18.7. The third-order valence-corrected chi connectivity index (χ3v) is 8.32. The highest BCUT2D eigenvalue weighted by Gasteiger charge is 2.38. The lowest BCUT2D eigenvalue weighted by molar-refractivity contribution is -0.161. The van der Waals surface area contributed by atoms with Gasteiger partial charge >= 0.3 is 24.1 Å².